The van der Waals surface area contributed by atoms with Crippen molar-refractivity contribution in [2.75, 3.05) is 18.0 Å². The van der Waals surface area contributed by atoms with Crippen LogP contribution in [0.15, 0.2) is 70.5 Å². The van der Waals surface area contributed by atoms with Crippen molar-refractivity contribution in [3.63, 3.8) is 0 Å². The van der Waals surface area contributed by atoms with Crippen molar-refractivity contribution in [3.05, 3.63) is 71.8 Å². The summed E-state index contributed by atoms with van der Waals surface area (Å²) in [4.78, 5) is 4.00. The molecular weight excluding hydrogens is 420 g/mol. The number of nitrogens with zero attached hydrogens (tertiary/aromatic N) is 5. The molecule has 2 aliphatic heterocycles. The Morgan fingerprint density at radius 2 is 1.91 bits per heavy atom. The summed E-state index contributed by atoms with van der Waals surface area (Å²) in [6.45, 7) is 4.56. The Bertz CT molecular complexity index is 1360. The van der Waals surface area contributed by atoms with E-state index in [-0.39, 0.29) is 0 Å². The maximum absolute atomic E-state index is 13.5. The Hall–Kier alpha value is -3.36. The molecule has 0 fully saturated rings. The van der Waals surface area contributed by atoms with Crippen LogP contribution in [0.25, 0.3) is 17.1 Å². The van der Waals surface area contributed by atoms with Gasteiger partial charge in [-0.05, 0) is 71.8 Å². The fourth-order valence-corrected chi connectivity index (χ4v) is 6.07. The minimum absolute atomic E-state index is 0.691. The Kier molecular flexibility index (Phi) is 4.62. The summed E-state index contributed by atoms with van der Waals surface area (Å²) in [5.41, 5.74) is 6.07. The number of benzene rings is 3. The van der Waals surface area contributed by atoms with E-state index in [0.717, 1.165) is 64.0 Å². The van der Waals surface area contributed by atoms with Crippen molar-refractivity contribution in [1.29, 1.82) is 0 Å². The predicted molar refractivity (Wildman–Crippen MR) is 124 cm³/mol. The van der Waals surface area contributed by atoms with E-state index in [1.165, 1.54) is 5.56 Å². The van der Waals surface area contributed by atoms with Crippen LogP contribution in [-0.2, 0) is 17.3 Å². The van der Waals surface area contributed by atoms with Crippen LogP contribution in [0.4, 0.5) is 11.4 Å². The van der Waals surface area contributed by atoms with Gasteiger partial charge in [0.25, 0.3) is 0 Å². The minimum atomic E-state index is -1.23. The average molecular weight is 443 g/mol. The van der Waals surface area contributed by atoms with Gasteiger partial charge in [0.1, 0.15) is 0 Å². The lowest BCUT2D eigenvalue weighted by molar-refractivity contribution is 0.646. The number of fused-ring (bicyclic) bond motifs is 8. The van der Waals surface area contributed by atoms with Gasteiger partial charge in [0, 0.05) is 18.7 Å². The molecule has 7 nitrogen and oxygen atoms in total. The molecule has 0 spiro atoms. The molecule has 1 N–H and O–H groups in total. The molecule has 0 aliphatic carbocycles. The molecule has 3 aromatic carbocycles. The van der Waals surface area contributed by atoms with Gasteiger partial charge in [0.05, 0.1) is 37.7 Å². The van der Waals surface area contributed by atoms with Crippen molar-refractivity contribution >= 4 is 22.2 Å². The Labute approximate surface area is 188 Å². The first kappa shape index (κ1) is 19.3. The molecule has 0 amide bonds. The van der Waals surface area contributed by atoms with E-state index < -0.39 is 10.8 Å². The zero-order valence-electron chi connectivity index (χ0n) is 17.7. The van der Waals surface area contributed by atoms with Crippen molar-refractivity contribution in [2.45, 2.75) is 29.7 Å². The summed E-state index contributed by atoms with van der Waals surface area (Å²) in [5, 5.41) is 16.2. The molecule has 0 radical (unpaired) electrons. The van der Waals surface area contributed by atoms with Crippen LogP contribution in [0.1, 0.15) is 17.5 Å². The number of hydrogen-bond acceptors (Lipinski definition) is 6. The molecule has 8 heteroatoms. The van der Waals surface area contributed by atoms with Gasteiger partial charge in [-0.3, -0.25) is 0 Å². The van der Waals surface area contributed by atoms with Gasteiger partial charge in [0.2, 0.25) is 0 Å². The van der Waals surface area contributed by atoms with Gasteiger partial charge < -0.3 is 10.2 Å². The normalized spacial score (nSPS) is 17.3. The number of aromatic nitrogens is 4. The summed E-state index contributed by atoms with van der Waals surface area (Å²) in [5.74, 6) is 0.691. The van der Waals surface area contributed by atoms with E-state index >= 15 is 0 Å². The van der Waals surface area contributed by atoms with Crippen LogP contribution in [0, 0.1) is 6.92 Å². The second kappa shape index (κ2) is 7.65. The predicted octanol–water partition coefficient (Wildman–Crippen LogP) is 3.75. The molecule has 0 saturated carbocycles. The molecule has 0 saturated heterocycles. The molecule has 4 bridgehead atoms. The Morgan fingerprint density at radius 1 is 1.00 bits per heavy atom. The first-order valence-electron chi connectivity index (χ1n) is 10.7. The van der Waals surface area contributed by atoms with Crippen molar-refractivity contribution in [1.82, 2.24) is 25.5 Å². The second-order valence-electron chi connectivity index (χ2n) is 8.09. The van der Waals surface area contributed by atoms with Gasteiger partial charge in [-0.15, -0.1) is 5.10 Å². The molecule has 6 rings (SSSR count). The third kappa shape index (κ3) is 2.98. The zero-order chi connectivity index (χ0) is 21.7. The lowest BCUT2D eigenvalue weighted by Gasteiger charge is -2.34. The van der Waals surface area contributed by atoms with Crippen molar-refractivity contribution in [3.8, 4) is 17.1 Å². The van der Waals surface area contributed by atoms with E-state index in [9.17, 15) is 4.21 Å². The highest BCUT2D eigenvalue weighted by atomic mass is 32.2. The number of hydrogen-bond donors (Lipinski definition) is 1. The highest BCUT2D eigenvalue weighted by Gasteiger charge is 2.31. The van der Waals surface area contributed by atoms with Crippen LogP contribution >= 0.6 is 0 Å². The van der Waals surface area contributed by atoms with Gasteiger partial charge in [-0.2, -0.15) is 4.68 Å². The molecule has 32 heavy (non-hydrogen) atoms. The lowest BCUT2D eigenvalue weighted by Crippen LogP contribution is -2.29. The van der Waals surface area contributed by atoms with Crippen LogP contribution in [0.2, 0.25) is 0 Å². The largest absolute Gasteiger partial charge is 0.339 e. The number of tetrazole rings is 1. The number of nitrogens with one attached hydrogen (secondary N) is 1. The van der Waals surface area contributed by atoms with Crippen LogP contribution in [0.5, 0.6) is 0 Å². The molecule has 1 atom stereocenters. The minimum Gasteiger partial charge on any atom is -0.339 e. The first-order chi connectivity index (χ1) is 15.7. The van der Waals surface area contributed by atoms with Crippen molar-refractivity contribution in [2.24, 2.45) is 0 Å². The summed E-state index contributed by atoms with van der Waals surface area (Å²) < 4.78 is 15.2. The topological polar surface area (TPSA) is 75.9 Å². The molecule has 160 valence electrons. The van der Waals surface area contributed by atoms with E-state index in [0.29, 0.717) is 5.82 Å². The van der Waals surface area contributed by atoms with Gasteiger partial charge in [-0.25, -0.2) is 4.21 Å². The second-order valence-corrected chi connectivity index (χ2v) is 9.51. The Morgan fingerprint density at radius 3 is 2.84 bits per heavy atom. The zero-order valence-corrected chi connectivity index (χ0v) is 18.5. The Balaban J connectivity index is 1.60. The monoisotopic (exact) mass is 442 g/mol. The van der Waals surface area contributed by atoms with Crippen LogP contribution in [-0.4, -0.2) is 37.5 Å². The van der Waals surface area contributed by atoms with Gasteiger partial charge >= 0.3 is 0 Å². The molecule has 4 aromatic rings. The summed E-state index contributed by atoms with van der Waals surface area (Å²) in [7, 11) is -1.23. The van der Waals surface area contributed by atoms with Gasteiger partial charge in [0.15, 0.2) is 5.82 Å². The molecule has 1 unspecified atom stereocenters. The average Bonchev–Trinajstić information content (AvgIpc) is 3.30. The SMILES string of the molecule is Cc1c2ccc3c1N(CCCNCc1cccc(c1)-c1nnnn1-2)c1ccccc1S3=O. The first-order valence-corrected chi connectivity index (χ1v) is 11.9. The van der Waals surface area contributed by atoms with Crippen LogP contribution in [0.3, 0.4) is 0 Å². The van der Waals surface area contributed by atoms with E-state index in [2.05, 4.69) is 50.9 Å². The molecule has 2 aliphatic rings. The third-order valence-corrected chi connectivity index (χ3v) is 7.61. The van der Waals surface area contributed by atoms with E-state index in [1.807, 2.05) is 42.5 Å². The standard InChI is InChI=1S/C24H22N6OS/c1-16-19-10-11-22-23(16)29(20-8-2-3-9-21(20)32(22)31)13-5-12-25-15-17-6-4-7-18(14-17)24-26-27-28-30(19)24/h2-4,6-11,14,25H,5,12-13,15H2,1H3. The maximum atomic E-state index is 13.5. The summed E-state index contributed by atoms with van der Waals surface area (Å²) in [6.07, 6.45) is 0.958. The lowest BCUT2D eigenvalue weighted by atomic mass is 10.1. The fraction of sp³-hybridized carbons (Fsp3) is 0.208. The van der Waals surface area contributed by atoms with E-state index in [4.69, 9.17) is 0 Å². The third-order valence-electron chi connectivity index (χ3n) is 6.14. The summed E-state index contributed by atoms with van der Waals surface area (Å²) >= 11 is 0. The van der Waals surface area contributed by atoms with Gasteiger partial charge in [-0.1, -0.05) is 30.3 Å². The molecule has 1 aromatic heterocycles. The van der Waals surface area contributed by atoms with E-state index in [1.54, 1.807) is 4.68 Å². The number of para-hydroxylation sites is 1. The summed E-state index contributed by atoms with van der Waals surface area (Å²) in [6, 6.07) is 20.3. The molecular formula is C24H22N6OS. The highest BCUT2D eigenvalue weighted by molar-refractivity contribution is 7.85. The number of rotatable bonds is 0. The quantitative estimate of drug-likeness (QED) is 0.447. The molecule has 3 heterocycles. The van der Waals surface area contributed by atoms with Crippen LogP contribution < -0.4 is 10.2 Å². The number of anilines is 2. The smallest absolute Gasteiger partial charge is 0.187 e. The maximum Gasteiger partial charge on any atom is 0.187 e. The van der Waals surface area contributed by atoms with Crippen molar-refractivity contribution < 1.29 is 4.21 Å². The highest BCUT2D eigenvalue weighted by Crippen LogP contribution is 2.45. The fourth-order valence-electron chi connectivity index (χ4n) is 4.63.